The highest BCUT2D eigenvalue weighted by Crippen LogP contribution is 2.28. The molecule has 0 aliphatic carbocycles. The smallest absolute Gasteiger partial charge is 0.248 e. The number of hydrogen-bond acceptors (Lipinski definition) is 6. The third kappa shape index (κ3) is 6.68. The lowest BCUT2D eigenvalue weighted by molar-refractivity contribution is -0.118. The minimum absolute atomic E-state index is 0. The topological polar surface area (TPSA) is 145 Å². The van der Waals surface area contributed by atoms with Crippen LogP contribution in [0.1, 0.15) is 25.8 Å². The van der Waals surface area contributed by atoms with E-state index in [1.165, 1.54) is 48.6 Å². The van der Waals surface area contributed by atoms with Gasteiger partial charge in [0.15, 0.2) is 11.5 Å². The second kappa shape index (κ2) is 11.1. The van der Waals surface area contributed by atoms with Gasteiger partial charge in [-0.3, -0.25) is 9.59 Å². The van der Waals surface area contributed by atoms with Crippen LogP contribution in [0.15, 0.2) is 42.5 Å². The maximum absolute atomic E-state index is 12.2. The zero-order chi connectivity index (χ0) is 21.6. The van der Waals surface area contributed by atoms with E-state index >= 15 is 0 Å². The largest absolute Gasteiger partial charge is 0.506 e. The Labute approximate surface area is 180 Å². The zero-order valence-electron chi connectivity index (χ0n) is 16.6. The highest BCUT2D eigenvalue weighted by Gasteiger charge is 2.20. The first-order chi connectivity index (χ1) is 13.7. The summed E-state index contributed by atoms with van der Waals surface area (Å²) in [6.07, 6.45) is 3.44. The van der Waals surface area contributed by atoms with Crippen LogP contribution in [0.3, 0.4) is 0 Å². The Morgan fingerprint density at radius 2 is 1.70 bits per heavy atom. The first-order valence-electron chi connectivity index (χ1n) is 9.11. The lowest BCUT2D eigenvalue weighted by Crippen LogP contribution is -2.40. The third-order valence-corrected chi connectivity index (χ3v) is 4.51. The van der Waals surface area contributed by atoms with E-state index in [4.69, 9.17) is 5.73 Å². The Balaban J connectivity index is 0.00000450. The Kier molecular flexibility index (Phi) is 9.16. The number of benzene rings is 2. The van der Waals surface area contributed by atoms with Gasteiger partial charge in [0.25, 0.3) is 0 Å². The van der Waals surface area contributed by atoms with E-state index in [-0.39, 0.29) is 41.3 Å². The SMILES string of the molecule is CC[C@H](C)[C@H](N)C(=O)Nc1cc(NC(=O)/C=C/c2ccc(O)c(O)c2)ccc1O.Cl. The summed E-state index contributed by atoms with van der Waals surface area (Å²) >= 11 is 0. The van der Waals surface area contributed by atoms with Crippen molar-refractivity contribution < 1.29 is 24.9 Å². The van der Waals surface area contributed by atoms with E-state index in [1.54, 1.807) is 0 Å². The van der Waals surface area contributed by atoms with Crippen LogP contribution >= 0.6 is 12.4 Å². The summed E-state index contributed by atoms with van der Waals surface area (Å²) in [5.41, 5.74) is 6.92. The van der Waals surface area contributed by atoms with Crippen LogP contribution in [0.25, 0.3) is 6.08 Å². The number of carbonyl (C=O) groups is 2. The van der Waals surface area contributed by atoms with Crippen LogP contribution in [0.2, 0.25) is 0 Å². The van der Waals surface area contributed by atoms with Crippen LogP contribution in [-0.4, -0.2) is 33.2 Å². The molecule has 2 aromatic carbocycles. The molecule has 0 bridgehead atoms. The zero-order valence-corrected chi connectivity index (χ0v) is 17.4. The standard InChI is InChI=1S/C21H25N3O5.ClH/c1-3-12(2)20(22)21(29)24-15-11-14(6-8-16(15)25)23-19(28)9-5-13-4-7-17(26)18(27)10-13;/h4-12,20,25-27H,3,22H2,1-2H3,(H,23,28)(H,24,29);1H/b9-5+;/t12-,20-;/m0./s1. The second-order valence-corrected chi connectivity index (χ2v) is 6.70. The molecule has 0 aliphatic heterocycles. The Bertz CT molecular complexity index is 933. The Morgan fingerprint density at radius 1 is 1.03 bits per heavy atom. The van der Waals surface area contributed by atoms with Gasteiger partial charge in [-0.05, 0) is 47.9 Å². The predicted octanol–water partition coefficient (Wildman–Crippen LogP) is 3.19. The number of carbonyl (C=O) groups excluding carboxylic acids is 2. The maximum atomic E-state index is 12.2. The second-order valence-electron chi connectivity index (χ2n) is 6.70. The summed E-state index contributed by atoms with van der Waals surface area (Å²) < 4.78 is 0. The molecule has 0 aromatic heterocycles. The van der Waals surface area contributed by atoms with Crippen molar-refractivity contribution in [3.05, 3.63) is 48.0 Å². The van der Waals surface area contributed by atoms with Crippen molar-refractivity contribution in [1.29, 1.82) is 0 Å². The molecule has 0 fully saturated rings. The number of phenolic OH excluding ortho intramolecular Hbond substituents is 3. The molecular formula is C21H26ClN3O5. The molecule has 0 aliphatic rings. The Hall–Kier alpha value is -3.23. The maximum Gasteiger partial charge on any atom is 0.248 e. The van der Waals surface area contributed by atoms with Crippen molar-refractivity contribution >= 4 is 41.7 Å². The molecule has 9 heteroatoms. The van der Waals surface area contributed by atoms with Gasteiger partial charge in [-0.15, -0.1) is 12.4 Å². The van der Waals surface area contributed by atoms with E-state index in [1.807, 2.05) is 13.8 Å². The van der Waals surface area contributed by atoms with Gasteiger partial charge in [0.1, 0.15) is 5.75 Å². The van der Waals surface area contributed by atoms with Crippen molar-refractivity contribution in [2.45, 2.75) is 26.3 Å². The molecule has 0 radical (unpaired) electrons. The van der Waals surface area contributed by atoms with E-state index in [2.05, 4.69) is 10.6 Å². The number of phenols is 3. The fraction of sp³-hybridized carbons (Fsp3) is 0.238. The van der Waals surface area contributed by atoms with Crippen LogP contribution in [0.4, 0.5) is 11.4 Å². The number of hydrogen-bond donors (Lipinski definition) is 6. The van der Waals surface area contributed by atoms with Gasteiger partial charge in [-0.1, -0.05) is 26.3 Å². The molecule has 2 rings (SSSR count). The van der Waals surface area contributed by atoms with Gasteiger partial charge in [0.05, 0.1) is 11.7 Å². The summed E-state index contributed by atoms with van der Waals surface area (Å²) in [7, 11) is 0. The number of halogens is 1. The molecule has 8 nitrogen and oxygen atoms in total. The monoisotopic (exact) mass is 435 g/mol. The van der Waals surface area contributed by atoms with Crippen molar-refractivity contribution in [2.75, 3.05) is 10.6 Å². The third-order valence-electron chi connectivity index (χ3n) is 4.51. The molecule has 7 N–H and O–H groups in total. The van der Waals surface area contributed by atoms with E-state index in [0.717, 1.165) is 6.42 Å². The summed E-state index contributed by atoms with van der Waals surface area (Å²) in [6.45, 7) is 3.79. The first-order valence-corrected chi connectivity index (χ1v) is 9.11. The van der Waals surface area contributed by atoms with Gasteiger partial charge in [0, 0.05) is 11.8 Å². The average Bonchev–Trinajstić information content (AvgIpc) is 2.70. The summed E-state index contributed by atoms with van der Waals surface area (Å²) in [4.78, 5) is 24.3. The molecule has 2 aromatic rings. The number of rotatable bonds is 7. The van der Waals surface area contributed by atoms with Gasteiger partial charge in [0.2, 0.25) is 11.8 Å². The highest BCUT2D eigenvalue weighted by atomic mass is 35.5. The highest BCUT2D eigenvalue weighted by molar-refractivity contribution is 6.03. The molecule has 162 valence electrons. The van der Waals surface area contributed by atoms with Crippen LogP contribution in [0, 0.1) is 5.92 Å². The molecular weight excluding hydrogens is 410 g/mol. The van der Waals surface area contributed by atoms with Gasteiger partial charge in [-0.25, -0.2) is 0 Å². The molecule has 0 unspecified atom stereocenters. The van der Waals surface area contributed by atoms with Crippen LogP contribution in [-0.2, 0) is 9.59 Å². The fourth-order valence-corrected chi connectivity index (χ4v) is 2.44. The van der Waals surface area contributed by atoms with Gasteiger partial charge in [-0.2, -0.15) is 0 Å². The number of nitrogens with two attached hydrogens (primary N) is 1. The Morgan fingerprint density at radius 3 is 2.33 bits per heavy atom. The fourth-order valence-electron chi connectivity index (χ4n) is 2.44. The quantitative estimate of drug-likeness (QED) is 0.224. The van der Waals surface area contributed by atoms with Crippen molar-refractivity contribution in [2.24, 2.45) is 11.7 Å². The minimum Gasteiger partial charge on any atom is -0.506 e. The number of anilines is 2. The minimum atomic E-state index is -0.720. The number of amides is 2. The molecule has 2 amide bonds. The van der Waals surface area contributed by atoms with Crippen molar-refractivity contribution in [3.8, 4) is 17.2 Å². The van der Waals surface area contributed by atoms with Gasteiger partial charge >= 0.3 is 0 Å². The summed E-state index contributed by atoms with van der Waals surface area (Å²) in [5, 5.41) is 33.9. The van der Waals surface area contributed by atoms with Crippen molar-refractivity contribution in [3.63, 3.8) is 0 Å². The molecule has 0 spiro atoms. The van der Waals surface area contributed by atoms with E-state index < -0.39 is 17.9 Å². The van der Waals surface area contributed by atoms with E-state index in [9.17, 15) is 24.9 Å². The normalized spacial score (nSPS) is 12.6. The molecule has 30 heavy (non-hydrogen) atoms. The molecule has 2 atom stereocenters. The summed E-state index contributed by atoms with van der Waals surface area (Å²) in [6, 6.07) is 7.70. The number of nitrogens with one attached hydrogen (secondary N) is 2. The predicted molar refractivity (Wildman–Crippen MR) is 119 cm³/mol. The first kappa shape index (κ1) is 24.8. The molecule has 0 heterocycles. The average molecular weight is 436 g/mol. The molecule has 0 saturated heterocycles. The van der Waals surface area contributed by atoms with E-state index in [0.29, 0.717) is 11.3 Å². The lowest BCUT2D eigenvalue weighted by Gasteiger charge is -2.18. The van der Waals surface area contributed by atoms with Crippen LogP contribution in [0.5, 0.6) is 17.2 Å². The summed E-state index contributed by atoms with van der Waals surface area (Å²) in [5.74, 6) is -1.60. The molecule has 0 saturated carbocycles. The van der Waals surface area contributed by atoms with Crippen LogP contribution < -0.4 is 16.4 Å². The van der Waals surface area contributed by atoms with Gasteiger partial charge < -0.3 is 31.7 Å². The number of aromatic hydroxyl groups is 3. The van der Waals surface area contributed by atoms with Crippen molar-refractivity contribution in [1.82, 2.24) is 0 Å². The lowest BCUT2D eigenvalue weighted by atomic mass is 9.99.